The van der Waals surface area contributed by atoms with Gasteiger partial charge in [0.05, 0.1) is 6.42 Å². The molecule has 3 rings (SSSR count). The first-order chi connectivity index (χ1) is 10.1. The Hall–Kier alpha value is -2.04. The molecular formula is C16H20N2O3. The van der Waals surface area contributed by atoms with Gasteiger partial charge in [-0.25, -0.2) is 4.79 Å². The molecule has 5 nitrogen and oxygen atoms in total. The Labute approximate surface area is 123 Å². The number of nitrogens with zero attached hydrogens (tertiary/aromatic N) is 1. The summed E-state index contributed by atoms with van der Waals surface area (Å²) in [5.74, 6) is -0.462. The number of hydrogen-bond acceptors (Lipinski definition) is 3. The number of carboxylic acid groups (broad SMARTS) is 1. The van der Waals surface area contributed by atoms with Crippen LogP contribution in [0.15, 0.2) is 24.3 Å². The molecule has 2 aliphatic rings. The van der Waals surface area contributed by atoms with Crippen LogP contribution in [-0.2, 0) is 16.0 Å². The summed E-state index contributed by atoms with van der Waals surface area (Å²) >= 11 is 0. The fraction of sp³-hybridized carbons (Fsp3) is 0.500. The summed E-state index contributed by atoms with van der Waals surface area (Å²) in [7, 11) is 0. The molecule has 112 valence electrons. The van der Waals surface area contributed by atoms with Gasteiger partial charge in [0.1, 0.15) is 6.04 Å². The molecule has 1 saturated heterocycles. The highest BCUT2D eigenvalue weighted by atomic mass is 16.4. The second-order valence-electron chi connectivity index (χ2n) is 6.10. The van der Waals surface area contributed by atoms with E-state index in [1.54, 1.807) is 17.0 Å². The lowest BCUT2D eigenvalue weighted by Gasteiger charge is -2.24. The molecule has 1 saturated carbocycles. The van der Waals surface area contributed by atoms with Crippen molar-refractivity contribution in [2.45, 2.75) is 31.7 Å². The first-order valence-corrected chi connectivity index (χ1v) is 7.43. The van der Waals surface area contributed by atoms with Crippen LogP contribution in [0.5, 0.6) is 0 Å². The van der Waals surface area contributed by atoms with Crippen LogP contribution in [0.4, 0.5) is 5.69 Å². The lowest BCUT2D eigenvalue weighted by atomic mass is 9.94. The van der Waals surface area contributed by atoms with Crippen LogP contribution in [0, 0.1) is 11.8 Å². The van der Waals surface area contributed by atoms with Crippen molar-refractivity contribution in [1.29, 1.82) is 0 Å². The fourth-order valence-electron chi connectivity index (χ4n) is 3.79. The third kappa shape index (κ3) is 2.60. The van der Waals surface area contributed by atoms with Crippen LogP contribution in [0.1, 0.15) is 24.8 Å². The van der Waals surface area contributed by atoms with Gasteiger partial charge >= 0.3 is 5.97 Å². The molecule has 1 amide bonds. The van der Waals surface area contributed by atoms with Crippen LogP contribution < -0.4 is 5.73 Å². The normalized spacial score (nSPS) is 27.6. The van der Waals surface area contributed by atoms with E-state index in [2.05, 4.69) is 0 Å². The number of aliphatic carboxylic acids is 1. The maximum Gasteiger partial charge on any atom is 0.326 e. The zero-order valence-corrected chi connectivity index (χ0v) is 11.9. The van der Waals surface area contributed by atoms with Gasteiger partial charge < -0.3 is 15.7 Å². The van der Waals surface area contributed by atoms with Gasteiger partial charge in [-0.1, -0.05) is 18.6 Å². The minimum absolute atomic E-state index is 0.0958. The number of nitrogens with two attached hydrogens (primary N) is 1. The summed E-state index contributed by atoms with van der Waals surface area (Å²) in [6.07, 6.45) is 3.29. The zero-order chi connectivity index (χ0) is 15.0. The van der Waals surface area contributed by atoms with Gasteiger partial charge in [-0.3, -0.25) is 4.79 Å². The Balaban J connectivity index is 1.74. The van der Waals surface area contributed by atoms with Gasteiger partial charge in [-0.05, 0) is 42.4 Å². The van der Waals surface area contributed by atoms with E-state index in [0.717, 1.165) is 24.8 Å². The molecule has 1 heterocycles. The monoisotopic (exact) mass is 288 g/mol. The topological polar surface area (TPSA) is 83.6 Å². The smallest absolute Gasteiger partial charge is 0.326 e. The average Bonchev–Trinajstić information content (AvgIpc) is 3.00. The summed E-state index contributed by atoms with van der Waals surface area (Å²) < 4.78 is 0. The summed E-state index contributed by atoms with van der Waals surface area (Å²) in [6, 6.07) is 6.52. The van der Waals surface area contributed by atoms with Crippen LogP contribution in [-0.4, -0.2) is 34.5 Å². The molecule has 3 N–H and O–H groups in total. The minimum atomic E-state index is -0.866. The number of carbonyl (C=O) groups excluding carboxylic acids is 1. The van der Waals surface area contributed by atoms with Gasteiger partial charge in [-0.2, -0.15) is 0 Å². The molecule has 0 radical (unpaired) electrons. The van der Waals surface area contributed by atoms with Gasteiger partial charge in [0.15, 0.2) is 0 Å². The molecule has 0 bridgehead atoms. The van der Waals surface area contributed by atoms with Crippen molar-refractivity contribution in [3.05, 3.63) is 29.8 Å². The molecule has 21 heavy (non-hydrogen) atoms. The largest absolute Gasteiger partial charge is 0.480 e. The van der Waals surface area contributed by atoms with E-state index in [1.165, 1.54) is 0 Å². The van der Waals surface area contributed by atoms with E-state index >= 15 is 0 Å². The SMILES string of the molecule is Nc1ccc(CC(=O)N2CC3CCCC3C2C(=O)O)cc1. The van der Waals surface area contributed by atoms with Gasteiger partial charge in [0.2, 0.25) is 5.91 Å². The quantitative estimate of drug-likeness (QED) is 0.826. The molecule has 1 aliphatic carbocycles. The number of carboxylic acids is 1. The van der Waals surface area contributed by atoms with Gasteiger partial charge in [0, 0.05) is 12.2 Å². The van der Waals surface area contributed by atoms with Gasteiger partial charge in [0.25, 0.3) is 0 Å². The number of likely N-dealkylation sites (tertiary alicyclic amines) is 1. The first kappa shape index (κ1) is 13.9. The molecule has 5 heteroatoms. The van der Waals surface area contributed by atoms with E-state index in [9.17, 15) is 14.7 Å². The van der Waals surface area contributed by atoms with Crippen molar-refractivity contribution in [3.63, 3.8) is 0 Å². The number of rotatable bonds is 3. The van der Waals surface area contributed by atoms with Crippen molar-refractivity contribution in [3.8, 4) is 0 Å². The van der Waals surface area contributed by atoms with E-state index < -0.39 is 12.0 Å². The number of fused-ring (bicyclic) bond motifs is 1. The molecule has 0 spiro atoms. The molecule has 1 aromatic rings. The highest BCUT2D eigenvalue weighted by Crippen LogP contribution is 2.42. The van der Waals surface area contributed by atoms with E-state index in [1.807, 2.05) is 12.1 Å². The highest BCUT2D eigenvalue weighted by molar-refractivity contribution is 5.86. The van der Waals surface area contributed by atoms with E-state index in [0.29, 0.717) is 18.2 Å². The minimum Gasteiger partial charge on any atom is -0.480 e. The standard InChI is InChI=1S/C16H20N2O3/c17-12-6-4-10(5-7-12)8-14(19)18-9-11-2-1-3-13(11)15(18)16(20)21/h4-7,11,13,15H,1-3,8-9,17H2,(H,20,21). The zero-order valence-electron chi connectivity index (χ0n) is 11.9. The molecule has 1 aliphatic heterocycles. The van der Waals surface area contributed by atoms with Gasteiger partial charge in [-0.15, -0.1) is 0 Å². The molecule has 3 atom stereocenters. The second kappa shape index (κ2) is 5.39. The van der Waals surface area contributed by atoms with Crippen molar-refractivity contribution in [1.82, 2.24) is 4.90 Å². The fourth-order valence-corrected chi connectivity index (χ4v) is 3.79. The number of nitrogen functional groups attached to an aromatic ring is 1. The van der Waals surface area contributed by atoms with Crippen LogP contribution in [0.2, 0.25) is 0 Å². The van der Waals surface area contributed by atoms with Crippen LogP contribution >= 0.6 is 0 Å². The Bertz CT molecular complexity index is 555. The lowest BCUT2D eigenvalue weighted by Crippen LogP contribution is -2.43. The Morgan fingerprint density at radius 1 is 1.24 bits per heavy atom. The predicted octanol–water partition coefficient (Wildman–Crippen LogP) is 1.52. The third-order valence-electron chi connectivity index (χ3n) is 4.80. The van der Waals surface area contributed by atoms with E-state index in [-0.39, 0.29) is 18.2 Å². The van der Waals surface area contributed by atoms with Crippen molar-refractivity contribution in [2.75, 3.05) is 12.3 Å². The summed E-state index contributed by atoms with van der Waals surface area (Å²) in [5, 5.41) is 9.47. The lowest BCUT2D eigenvalue weighted by molar-refractivity contribution is -0.149. The van der Waals surface area contributed by atoms with E-state index in [4.69, 9.17) is 5.73 Å². The molecular weight excluding hydrogens is 268 g/mol. The Morgan fingerprint density at radius 3 is 2.62 bits per heavy atom. The Kier molecular flexibility index (Phi) is 3.57. The maximum absolute atomic E-state index is 12.5. The first-order valence-electron chi connectivity index (χ1n) is 7.43. The number of carbonyl (C=O) groups is 2. The molecule has 2 fully saturated rings. The van der Waals surface area contributed by atoms with Crippen molar-refractivity contribution < 1.29 is 14.7 Å². The van der Waals surface area contributed by atoms with Crippen molar-refractivity contribution >= 4 is 17.6 Å². The second-order valence-corrected chi connectivity index (χ2v) is 6.10. The molecule has 0 aromatic heterocycles. The summed E-state index contributed by atoms with van der Waals surface area (Å²) in [5.41, 5.74) is 7.16. The highest BCUT2D eigenvalue weighted by Gasteiger charge is 2.49. The number of anilines is 1. The Morgan fingerprint density at radius 2 is 1.95 bits per heavy atom. The predicted molar refractivity (Wildman–Crippen MR) is 78.5 cm³/mol. The number of amides is 1. The third-order valence-corrected chi connectivity index (χ3v) is 4.80. The maximum atomic E-state index is 12.5. The molecule has 3 unspecified atom stereocenters. The molecule has 1 aromatic carbocycles. The van der Waals surface area contributed by atoms with Crippen LogP contribution in [0.25, 0.3) is 0 Å². The number of benzene rings is 1. The summed E-state index contributed by atoms with van der Waals surface area (Å²) in [6.45, 7) is 0.593. The number of hydrogen-bond donors (Lipinski definition) is 2. The summed E-state index contributed by atoms with van der Waals surface area (Å²) in [4.78, 5) is 25.6. The van der Waals surface area contributed by atoms with Crippen molar-refractivity contribution in [2.24, 2.45) is 11.8 Å². The average molecular weight is 288 g/mol. The van der Waals surface area contributed by atoms with Crippen LogP contribution in [0.3, 0.4) is 0 Å².